The molecule has 2 N–H and O–H groups in total. The Morgan fingerprint density at radius 1 is 1.31 bits per heavy atom. The first-order chi connectivity index (χ1) is 12.5. The number of hydrogen-bond donors (Lipinski definition) is 2. The Balaban J connectivity index is 1.74. The normalized spacial score (nSPS) is 13.5. The number of nitrogens with zero attached hydrogens (tertiary/aromatic N) is 2. The fourth-order valence-electron chi connectivity index (χ4n) is 2.97. The third-order valence-corrected chi connectivity index (χ3v) is 6.49. The van der Waals surface area contributed by atoms with E-state index in [4.69, 9.17) is 0 Å². The number of imide groups is 1. The maximum atomic E-state index is 12.8. The van der Waals surface area contributed by atoms with Crippen LogP contribution >= 0.6 is 23.1 Å². The van der Waals surface area contributed by atoms with Crippen molar-refractivity contribution in [2.75, 3.05) is 12.3 Å². The van der Waals surface area contributed by atoms with Gasteiger partial charge in [-0.2, -0.15) is 0 Å². The van der Waals surface area contributed by atoms with Gasteiger partial charge in [0.25, 0.3) is 5.56 Å². The highest BCUT2D eigenvalue weighted by Crippen LogP contribution is 2.34. The molecule has 0 saturated heterocycles. The van der Waals surface area contributed by atoms with Gasteiger partial charge >= 0.3 is 6.03 Å². The van der Waals surface area contributed by atoms with Crippen LogP contribution in [0, 0.1) is 0 Å². The van der Waals surface area contributed by atoms with Gasteiger partial charge in [-0.1, -0.05) is 18.7 Å². The first-order valence-corrected chi connectivity index (χ1v) is 10.5. The molecule has 0 atom stereocenters. The summed E-state index contributed by atoms with van der Waals surface area (Å²) in [5.41, 5.74) is 1.10. The third-order valence-electron chi connectivity index (χ3n) is 4.28. The molecule has 9 heteroatoms. The van der Waals surface area contributed by atoms with E-state index < -0.39 is 11.9 Å². The summed E-state index contributed by atoms with van der Waals surface area (Å²) in [6.07, 6.45) is 5.01. The van der Waals surface area contributed by atoms with Crippen molar-refractivity contribution in [3.63, 3.8) is 0 Å². The van der Waals surface area contributed by atoms with Crippen LogP contribution < -0.4 is 16.2 Å². The second-order valence-corrected chi connectivity index (χ2v) is 8.27. The first-order valence-electron chi connectivity index (χ1n) is 8.73. The van der Waals surface area contributed by atoms with Gasteiger partial charge in [0, 0.05) is 18.5 Å². The van der Waals surface area contributed by atoms with E-state index in [0.29, 0.717) is 11.7 Å². The lowest BCUT2D eigenvalue weighted by atomic mass is 9.97. The van der Waals surface area contributed by atoms with Crippen molar-refractivity contribution in [3.8, 4) is 0 Å². The summed E-state index contributed by atoms with van der Waals surface area (Å²) < 4.78 is 1.50. The number of thiophene rings is 1. The van der Waals surface area contributed by atoms with E-state index in [-0.39, 0.29) is 11.3 Å². The van der Waals surface area contributed by atoms with Gasteiger partial charge in [-0.15, -0.1) is 11.3 Å². The molecule has 2 aromatic heterocycles. The van der Waals surface area contributed by atoms with E-state index in [2.05, 4.69) is 15.6 Å². The molecule has 7 nitrogen and oxygen atoms in total. The minimum atomic E-state index is -0.499. The standard InChI is InChI=1S/C17H22N4O3S2/c1-3-8-18-16(24)19-12(22)9-25-17-20-14-13(15(23)21(17)2)10-6-4-5-7-11(10)26-14/h3-9H2,1-2H3,(H2,18,19,22,24). The number of aromatic nitrogens is 2. The van der Waals surface area contributed by atoms with Crippen molar-refractivity contribution in [2.45, 2.75) is 44.2 Å². The van der Waals surface area contributed by atoms with Gasteiger partial charge in [0.05, 0.1) is 11.1 Å². The Morgan fingerprint density at radius 2 is 2.08 bits per heavy atom. The molecule has 2 heterocycles. The second kappa shape index (κ2) is 8.22. The topological polar surface area (TPSA) is 93.1 Å². The number of carbonyl (C=O) groups is 2. The van der Waals surface area contributed by atoms with Crippen molar-refractivity contribution in [1.29, 1.82) is 0 Å². The molecule has 2 aromatic rings. The number of fused-ring (bicyclic) bond motifs is 3. The summed E-state index contributed by atoms with van der Waals surface area (Å²) >= 11 is 2.75. The second-order valence-electron chi connectivity index (χ2n) is 6.24. The molecule has 26 heavy (non-hydrogen) atoms. The molecule has 0 radical (unpaired) electrons. The molecule has 1 aliphatic rings. The lowest BCUT2D eigenvalue weighted by Gasteiger charge is -2.11. The summed E-state index contributed by atoms with van der Waals surface area (Å²) in [5.74, 6) is -0.389. The zero-order valence-corrected chi connectivity index (χ0v) is 16.5. The van der Waals surface area contributed by atoms with Crippen molar-refractivity contribution in [1.82, 2.24) is 20.2 Å². The minimum absolute atomic E-state index is 0.0242. The zero-order chi connectivity index (χ0) is 18.7. The maximum Gasteiger partial charge on any atom is 0.321 e. The highest BCUT2D eigenvalue weighted by molar-refractivity contribution is 7.99. The van der Waals surface area contributed by atoms with Crippen LogP contribution in [-0.4, -0.2) is 33.8 Å². The molecule has 0 aromatic carbocycles. The molecular formula is C17H22N4O3S2. The van der Waals surface area contributed by atoms with Gasteiger partial charge < -0.3 is 5.32 Å². The Morgan fingerprint density at radius 3 is 2.85 bits per heavy atom. The van der Waals surface area contributed by atoms with Crippen LogP contribution in [-0.2, 0) is 24.7 Å². The summed E-state index contributed by atoms with van der Waals surface area (Å²) in [4.78, 5) is 42.8. The number of amides is 3. The van der Waals surface area contributed by atoms with E-state index in [1.807, 2.05) is 6.92 Å². The number of carbonyl (C=O) groups excluding carboxylic acids is 2. The van der Waals surface area contributed by atoms with Gasteiger partial charge in [0.1, 0.15) is 4.83 Å². The fourth-order valence-corrected chi connectivity index (χ4v) is 5.05. The predicted molar refractivity (Wildman–Crippen MR) is 104 cm³/mol. The Bertz CT molecular complexity index is 904. The molecule has 3 amide bonds. The average Bonchev–Trinajstić information content (AvgIpc) is 3.00. The van der Waals surface area contributed by atoms with E-state index in [1.165, 1.54) is 9.44 Å². The van der Waals surface area contributed by atoms with Crippen LogP contribution in [0.15, 0.2) is 9.95 Å². The molecule has 0 spiro atoms. The number of urea groups is 1. The largest absolute Gasteiger partial charge is 0.338 e. The molecule has 0 bridgehead atoms. The van der Waals surface area contributed by atoms with Crippen LogP contribution in [0.1, 0.15) is 36.6 Å². The number of hydrogen-bond acceptors (Lipinski definition) is 6. The number of aryl methyl sites for hydroxylation is 2. The lowest BCUT2D eigenvalue weighted by Crippen LogP contribution is -2.40. The maximum absolute atomic E-state index is 12.8. The molecule has 0 saturated carbocycles. The Hall–Kier alpha value is -1.87. The summed E-state index contributed by atoms with van der Waals surface area (Å²) in [7, 11) is 1.68. The van der Waals surface area contributed by atoms with Crippen molar-refractivity contribution in [3.05, 3.63) is 20.8 Å². The molecule has 1 aliphatic carbocycles. The third kappa shape index (κ3) is 3.93. The quantitative estimate of drug-likeness (QED) is 0.599. The van der Waals surface area contributed by atoms with Crippen molar-refractivity contribution >= 4 is 45.3 Å². The highest BCUT2D eigenvalue weighted by Gasteiger charge is 2.21. The van der Waals surface area contributed by atoms with Gasteiger partial charge in [-0.25, -0.2) is 9.78 Å². The monoisotopic (exact) mass is 394 g/mol. The smallest absolute Gasteiger partial charge is 0.321 e. The van der Waals surface area contributed by atoms with Crippen LogP contribution in [0.4, 0.5) is 4.79 Å². The van der Waals surface area contributed by atoms with Gasteiger partial charge in [-0.05, 0) is 37.7 Å². The van der Waals surface area contributed by atoms with Crippen LogP contribution in [0.2, 0.25) is 0 Å². The van der Waals surface area contributed by atoms with E-state index >= 15 is 0 Å². The van der Waals surface area contributed by atoms with Crippen molar-refractivity contribution < 1.29 is 9.59 Å². The number of rotatable bonds is 5. The summed E-state index contributed by atoms with van der Waals surface area (Å²) in [6.45, 7) is 2.45. The SMILES string of the molecule is CCCNC(=O)NC(=O)CSc1nc2sc3c(c2c(=O)n1C)CCCC3. The molecule has 3 rings (SSSR count). The molecule has 0 fully saturated rings. The Kier molecular flexibility index (Phi) is 5.98. The van der Waals surface area contributed by atoms with Gasteiger partial charge in [0.2, 0.25) is 5.91 Å². The molecule has 0 aliphatic heterocycles. The van der Waals surface area contributed by atoms with Crippen molar-refractivity contribution in [2.24, 2.45) is 7.05 Å². The molecule has 0 unspecified atom stereocenters. The zero-order valence-electron chi connectivity index (χ0n) is 14.9. The van der Waals surface area contributed by atoms with E-state index in [1.54, 1.807) is 18.4 Å². The lowest BCUT2D eigenvalue weighted by molar-refractivity contribution is -0.117. The van der Waals surface area contributed by atoms with Crippen LogP contribution in [0.25, 0.3) is 10.2 Å². The minimum Gasteiger partial charge on any atom is -0.338 e. The molecular weight excluding hydrogens is 372 g/mol. The van der Waals surface area contributed by atoms with E-state index in [0.717, 1.165) is 59.6 Å². The Labute approximate surface area is 159 Å². The molecule has 140 valence electrons. The highest BCUT2D eigenvalue weighted by atomic mass is 32.2. The fraction of sp³-hybridized carbons (Fsp3) is 0.529. The van der Waals surface area contributed by atoms with Gasteiger partial charge in [-0.3, -0.25) is 19.5 Å². The number of thioether (sulfide) groups is 1. The van der Waals surface area contributed by atoms with Gasteiger partial charge in [0.15, 0.2) is 5.16 Å². The summed E-state index contributed by atoms with van der Waals surface area (Å²) in [6, 6.07) is -0.499. The number of nitrogens with one attached hydrogen (secondary N) is 2. The average molecular weight is 395 g/mol. The summed E-state index contributed by atoms with van der Waals surface area (Å²) in [5, 5.41) is 6.09. The first kappa shape index (κ1) is 18.9. The van der Waals surface area contributed by atoms with Crippen LogP contribution in [0.3, 0.4) is 0 Å². The van der Waals surface area contributed by atoms with Crippen LogP contribution in [0.5, 0.6) is 0 Å². The van der Waals surface area contributed by atoms with E-state index in [9.17, 15) is 14.4 Å². The predicted octanol–water partition coefficient (Wildman–Crippen LogP) is 2.20.